The summed E-state index contributed by atoms with van der Waals surface area (Å²) in [5.74, 6) is -0.951. The number of carboxylic acids is 1. The monoisotopic (exact) mass is 299 g/mol. The molecule has 4 atom stereocenters. The Morgan fingerprint density at radius 1 is 1.32 bits per heavy atom. The maximum absolute atomic E-state index is 12.9. The molecule has 1 spiro atoms. The third kappa shape index (κ3) is 1.76. The zero-order valence-corrected chi connectivity index (χ0v) is 12.8. The Bertz CT molecular complexity index is 655. The number of hydrogen-bond donors (Lipinski definition) is 1. The second-order valence-electron chi connectivity index (χ2n) is 7.08. The maximum Gasteiger partial charge on any atom is 0.308 e. The van der Waals surface area contributed by atoms with E-state index >= 15 is 0 Å². The summed E-state index contributed by atoms with van der Waals surface area (Å²) in [6.07, 6.45) is 3.64. The average Bonchev–Trinajstić information content (AvgIpc) is 2.93. The lowest BCUT2D eigenvalue weighted by atomic mass is 9.95. The van der Waals surface area contributed by atoms with Gasteiger partial charge in [-0.15, -0.1) is 0 Å². The minimum absolute atomic E-state index is 0.0503. The fourth-order valence-corrected chi connectivity index (χ4v) is 4.70. The van der Waals surface area contributed by atoms with Gasteiger partial charge in [0.15, 0.2) is 0 Å². The van der Waals surface area contributed by atoms with Crippen molar-refractivity contribution in [2.45, 2.75) is 44.1 Å². The highest BCUT2D eigenvalue weighted by Crippen LogP contribution is 2.62. The van der Waals surface area contributed by atoms with Crippen LogP contribution < -0.4 is 0 Å². The first kappa shape index (κ1) is 13.8. The van der Waals surface area contributed by atoms with Gasteiger partial charge in [-0.25, -0.2) is 0 Å². The maximum atomic E-state index is 12.9. The van der Waals surface area contributed by atoms with E-state index in [1.165, 1.54) is 11.1 Å². The second kappa shape index (κ2) is 4.58. The molecule has 1 N–H and O–H groups in total. The van der Waals surface area contributed by atoms with Crippen molar-refractivity contribution in [3.05, 3.63) is 35.4 Å². The molecule has 116 valence electrons. The number of rotatable bonds is 2. The summed E-state index contributed by atoms with van der Waals surface area (Å²) in [6.45, 7) is 2.46. The number of nitrogens with zero attached hydrogens (tertiary/aromatic N) is 1. The van der Waals surface area contributed by atoms with E-state index < -0.39 is 11.9 Å². The van der Waals surface area contributed by atoms with E-state index in [4.69, 9.17) is 0 Å². The van der Waals surface area contributed by atoms with Crippen LogP contribution in [0.25, 0.3) is 0 Å². The molecule has 4 heteroatoms. The highest BCUT2D eigenvalue weighted by Gasteiger charge is 2.62. The molecule has 22 heavy (non-hydrogen) atoms. The van der Waals surface area contributed by atoms with Gasteiger partial charge in [0.25, 0.3) is 0 Å². The topological polar surface area (TPSA) is 57.6 Å². The zero-order chi connectivity index (χ0) is 15.5. The van der Waals surface area contributed by atoms with Crippen LogP contribution in [0.4, 0.5) is 0 Å². The van der Waals surface area contributed by atoms with Gasteiger partial charge < -0.3 is 10.0 Å². The molecule has 2 fully saturated rings. The van der Waals surface area contributed by atoms with E-state index in [1.54, 1.807) is 0 Å². The molecule has 0 aromatic heterocycles. The van der Waals surface area contributed by atoms with Gasteiger partial charge in [0, 0.05) is 23.9 Å². The van der Waals surface area contributed by atoms with E-state index in [1.807, 2.05) is 11.8 Å². The van der Waals surface area contributed by atoms with E-state index in [0.29, 0.717) is 13.0 Å². The van der Waals surface area contributed by atoms with Crippen LogP contribution in [0.3, 0.4) is 0 Å². The molecule has 4 rings (SSSR count). The summed E-state index contributed by atoms with van der Waals surface area (Å²) in [5, 5.41) is 9.23. The first-order chi connectivity index (χ1) is 10.5. The molecule has 1 saturated carbocycles. The van der Waals surface area contributed by atoms with Crippen molar-refractivity contribution in [3.63, 3.8) is 0 Å². The molecule has 1 aromatic rings. The van der Waals surface area contributed by atoms with Crippen LogP contribution in [0.15, 0.2) is 24.3 Å². The summed E-state index contributed by atoms with van der Waals surface area (Å²) in [6, 6.07) is 8.28. The standard InChI is InChI=1S/C18H21NO3/c1-11-13(17(21)22)7-9-19(11)16(20)15-10-18(15)8-6-12-4-2-3-5-14(12)18/h2-5,11,13,15H,6-10H2,1H3,(H,21,22). The van der Waals surface area contributed by atoms with Gasteiger partial charge in [-0.1, -0.05) is 24.3 Å². The van der Waals surface area contributed by atoms with Crippen molar-refractivity contribution in [2.75, 3.05) is 6.54 Å². The number of carbonyl (C=O) groups excluding carboxylic acids is 1. The molecule has 2 aliphatic carbocycles. The number of likely N-dealkylation sites (tertiary alicyclic amines) is 1. The highest BCUT2D eigenvalue weighted by molar-refractivity contribution is 5.86. The molecule has 1 amide bonds. The number of benzene rings is 1. The molecular weight excluding hydrogens is 278 g/mol. The third-order valence-electron chi connectivity index (χ3n) is 6.12. The Morgan fingerprint density at radius 3 is 2.82 bits per heavy atom. The SMILES string of the molecule is CC1C(C(=O)O)CCN1C(=O)C1CC12CCc1ccccc12. The number of carbonyl (C=O) groups is 2. The van der Waals surface area contributed by atoms with Crippen molar-refractivity contribution in [1.82, 2.24) is 4.90 Å². The van der Waals surface area contributed by atoms with Crippen molar-refractivity contribution >= 4 is 11.9 Å². The normalized spacial score (nSPS) is 35.7. The molecule has 4 nitrogen and oxygen atoms in total. The van der Waals surface area contributed by atoms with Gasteiger partial charge in [-0.2, -0.15) is 0 Å². The van der Waals surface area contributed by atoms with Crippen molar-refractivity contribution < 1.29 is 14.7 Å². The minimum Gasteiger partial charge on any atom is -0.481 e. The van der Waals surface area contributed by atoms with Crippen LogP contribution in [-0.2, 0) is 21.4 Å². The number of carboxylic acid groups (broad SMARTS) is 1. The number of hydrogen-bond acceptors (Lipinski definition) is 2. The molecule has 3 aliphatic rings. The summed E-state index contributed by atoms with van der Waals surface area (Å²) in [5.41, 5.74) is 2.79. The molecular formula is C18H21NO3. The Labute approximate surface area is 130 Å². The van der Waals surface area contributed by atoms with Gasteiger partial charge in [0.05, 0.1) is 5.92 Å². The van der Waals surface area contributed by atoms with Gasteiger partial charge in [-0.3, -0.25) is 9.59 Å². The van der Waals surface area contributed by atoms with Gasteiger partial charge in [0.2, 0.25) is 5.91 Å². The lowest BCUT2D eigenvalue weighted by molar-refractivity contribution is -0.143. The van der Waals surface area contributed by atoms with Crippen LogP contribution in [0, 0.1) is 11.8 Å². The van der Waals surface area contributed by atoms with E-state index in [9.17, 15) is 14.7 Å². The summed E-state index contributed by atoms with van der Waals surface area (Å²) in [7, 11) is 0. The highest BCUT2D eigenvalue weighted by atomic mass is 16.4. The van der Waals surface area contributed by atoms with Gasteiger partial charge in [0.1, 0.15) is 0 Å². The Hall–Kier alpha value is -1.84. The zero-order valence-electron chi connectivity index (χ0n) is 12.8. The predicted molar refractivity (Wildman–Crippen MR) is 81.5 cm³/mol. The quantitative estimate of drug-likeness (QED) is 0.911. The summed E-state index contributed by atoms with van der Waals surface area (Å²) >= 11 is 0. The summed E-state index contributed by atoms with van der Waals surface area (Å²) < 4.78 is 0. The summed E-state index contributed by atoms with van der Waals surface area (Å²) in [4.78, 5) is 25.9. The smallest absolute Gasteiger partial charge is 0.308 e. The number of fused-ring (bicyclic) bond motifs is 2. The number of aliphatic carboxylic acids is 1. The molecule has 0 radical (unpaired) electrons. The van der Waals surface area contributed by atoms with Crippen LogP contribution in [0.1, 0.15) is 37.3 Å². The Morgan fingerprint density at radius 2 is 2.09 bits per heavy atom. The Balaban J connectivity index is 1.54. The number of amides is 1. The minimum atomic E-state index is -0.778. The lowest BCUT2D eigenvalue weighted by Crippen LogP contribution is -2.39. The molecule has 1 saturated heterocycles. The molecule has 0 bridgehead atoms. The molecule has 1 heterocycles. The lowest BCUT2D eigenvalue weighted by Gasteiger charge is -2.24. The average molecular weight is 299 g/mol. The van der Waals surface area contributed by atoms with Crippen LogP contribution in [-0.4, -0.2) is 34.5 Å². The predicted octanol–water partition coefficient (Wildman–Crippen LogP) is 2.21. The number of aryl methyl sites for hydroxylation is 1. The fourth-order valence-electron chi connectivity index (χ4n) is 4.70. The second-order valence-corrected chi connectivity index (χ2v) is 7.08. The third-order valence-corrected chi connectivity index (χ3v) is 6.12. The molecule has 1 aliphatic heterocycles. The van der Waals surface area contributed by atoms with Crippen LogP contribution in [0.2, 0.25) is 0 Å². The van der Waals surface area contributed by atoms with Crippen molar-refractivity contribution in [1.29, 1.82) is 0 Å². The first-order valence-electron chi connectivity index (χ1n) is 8.16. The molecule has 4 unspecified atom stereocenters. The van der Waals surface area contributed by atoms with Crippen LogP contribution in [0.5, 0.6) is 0 Å². The van der Waals surface area contributed by atoms with E-state index in [2.05, 4.69) is 24.3 Å². The fraction of sp³-hybridized carbons (Fsp3) is 0.556. The Kier molecular flexibility index (Phi) is 2.87. The van der Waals surface area contributed by atoms with E-state index in [-0.39, 0.29) is 23.3 Å². The largest absolute Gasteiger partial charge is 0.481 e. The van der Waals surface area contributed by atoms with Gasteiger partial charge >= 0.3 is 5.97 Å². The first-order valence-corrected chi connectivity index (χ1v) is 8.16. The van der Waals surface area contributed by atoms with Crippen molar-refractivity contribution in [3.8, 4) is 0 Å². The van der Waals surface area contributed by atoms with Gasteiger partial charge in [-0.05, 0) is 43.7 Å². The van der Waals surface area contributed by atoms with Crippen molar-refractivity contribution in [2.24, 2.45) is 11.8 Å². The molecule has 1 aromatic carbocycles. The van der Waals surface area contributed by atoms with Crippen LogP contribution >= 0.6 is 0 Å². The van der Waals surface area contributed by atoms with E-state index in [0.717, 1.165) is 19.3 Å².